The summed E-state index contributed by atoms with van der Waals surface area (Å²) in [4.78, 5) is 0. The zero-order valence-electron chi connectivity index (χ0n) is 11.5. The lowest BCUT2D eigenvalue weighted by atomic mass is 9.95. The van der Waals surface area contributed by atoms with Crippen LogP contribution >= 0.6 is 0 Å². The standard InChI is InChI=1S/C17H20O2/c1-5-14-7-6-8-15(10-14)11(2)9-16-12(3)13(4)19-17(16)18/h5-8,10,13,17-18H,1-2,9H2,3-4H3. The van der Waals surface area contributed by atoms with Crippen LogP contribution in [0, 0.1) is 0 Å². The summed E-state index contributed by atoms with van der Waals surface area (Å²) in [6, 6.07) is 8.07. The molecule has 0 bridgehead atoms. The fourth-order valence-corrected chi connectivity index (χ4v) is 2.28. The van der Waals surface area contributed by atoms with Gasteiger partial charge in [-0.2, -0.15) is 0 Å². The number of rotatable bonds is 4. The molecule has 0 saturated heterocycles. The van der Waals surface area contributed by atoms with E-state index < -0.39 is 6.29 Å². The molecule has 0 amide bonds. The summed E-state index contributed by atoms with van der Waals surface area (Å²) in [6.45, 7) is 11.8. The molecule has 1 N–H and O–H groups in total. The summed E-state index contributed by atoms with van der Waals surface area (Å²) in [5, 5.41) is 9.89. The van der Waals surface area contributed by atoms with Gasteiger partial charge < -0.3 is 9.84 Å². The molecule has 0 fully saturated rings. The maximum Gasteiger partial charge on any atom is 0.178 e. The largest absolute Gasteiger partial charge is 0.364 e. The minimum absolute atomic E-state index is 0.0164. The lowest BCUT2D eigenvalue weighted by molar-refractivity contribution is -0.0757. The van der Waals surface area contributed by atoms with Gasteiger partial charge in [-0.3, -0.25) is 0 Å². The number of hydrogen-bond donors (Lipinski definition) is 1. The molecule has 100 valence electrons. The van der Waals surface area contributed by atoms with Crippen molar-refractivity contribution in [3.05, 3.63) is 59.7 Å². The van der Waals surface area contributed by atoms with E-state index in [1.165, 1.54) is 0 Å². The topological polar surface area (TPSA) is 29.5 Å². The third-order valence-corrected chi connectivity index (χ3v) is 3.68. The van der Waals surface area contributed by atoms with Gasteiger partial charge in [0.25, 0.3) is 0 Å². The van der Waals surface area contributed by atoms with E-state index >= 15 is 0 Å². The maximum atomic E-state index is 9.89. The highest BCUT2D eigenvalue weighted by atomic mass is 16.6. The Morgan fingerprint density at radius 2 is 2.21 bits per heavy atom. The Labute approximate surface area is 114 Å². The molecule has 0 spiro atoms. The first-order valence-electron chi connectivity index (χ1n) is 6.46. The van der Waals surface area contributed by atoms with Gasteiger partial charge >= 0.3 is 0 Å². The fourth-order valence-electron chi connectivity index (χ4n) is 2.28. The van der Waals surface area contributed by atoms with E-state index in [1.54, 1.807) is 0 Å². The van der Waals surface area contributed by atoms with Crippen molar-refractivity contribution in [3.63, 3.8) is 0 Å². The molecule has 1 aromatic carbocycles. The predicted octanol–water partition coefficient (Wildman–Crippen LogP) is 3.79. The summed E-state index contributed by atoms with van der Waals surface area (Å²) >= 11 is 0. The van der Waals surface area contributed by atoms with Crippen LogP contribution < -0.4 is 0 Å². The Morgan fingerprint density at radius 1 is 1.47 bits per heavy atom. The Morgan fingerprint density at radius 3 is 2.79 bits per heavy atom. The maximum absolute atomic E-state index is 9.89. The molecule has 2 atom stereocenters. The first-order chi connectivity index (χ1) is 9.02. The van der Waals surface area contributed by atoms with Crippen LogP contribution in [0.5, 0.6) is 0 Å². The molecule has 2 unspecified atom stereocenters. The van der Waals surface area contributed by atoms with Crippen molar-refractivity contribution in [1.82, 2.24) is 0 Å². The van der Waals surface area contributed by atoms with Crippen LogP contribution in [0.4, 0.5) is 0 Å². The highest BCUT2D eigenvalue weighted by Gasteiger charge is 2.27. The molecule has 0 aromatic heterocycles. The van der Waals surface area contributed by atoms with Gasteiger partial charge in [0.2, 0.25) is 0 Å². The highest BCUT2D eigenvalue weighted by Crippen LogP contribution is 2.32. The zero-order valence-corrected chi connectivity index (χ0v) is 11.5. The fraction of sp³-hybridized carbons (Fsp3) is 0.294. The lowest BCUT2D eigenvalue weighted by Crippen LogP contribution is -2.11. The number of hydrogen-bond acceptors (Lipinski definition) is 2. The summed E-state index contributed by atoms with van der Waals surface area (Å²) in [7, 11) is 0. The van der Waals surface area contributed by atoms with E-state index in [2.05, 4.69) is 19.2 Å². The molecule has 1 aromatic rings. The van der Waals surface area contributed by atoms with Crippen LogP contribution in [0.25, 0.3) is 11.6 Å². The normalized spacial score (nSPS) is 22.7. The number of benzene rings is 1. The molecule has 1 heterocycles. The molecule has 2 heteroatoms. The lowest BCUT2D eigenvalue weighted by Gasteiger charge is -2.11. The Bertz CT molecular complexity index is 540. The van der Waals surface area contributed by atoms with Crippen molar-refractivity contribution in [2.24, 2.45) is 0 Å². The van der Waals surface area contributed by atoms with Crippen LogP contribution in [0.2, 0.25) is 0 Å². The molecular formula is C17H20O2. The van der Waals surface area contributed by atoms with Crippen molar-refractivity contribution in [2.75, 3.05) is 0 Å². The highest BCUT2D eigenvalue weighted by molar-refractivity contribution is 5.68. The zero-order chi connectivity index (χ0) is 14.0. The van der Waals surface area contributed by atoms with Crippen molar-refractivity contribution in [3.8, 4) is 0 Å². The van der Waals surface area contributed by atoms with Gasteiger partial charge in [-0.25, -0.2) is 0 Å². The van der Waals surface area contributed by atoms with E-state index in [0.29, 0.717) is 6.42 Å². The molecule has 2 nitrogen and oxygen atoms in total. The summed E-state index contributed by atoms with van der Waals surface area (Å²) < 4.78 is 5.39. The van der Waals surface area contributed by atoms with Crippen LogP contribution in [0.15, 0.2) is 48.6 Å². The van der Waals surface area contributed by atoms with Crippen molar-refractivity contribution < 1.29 is 9.84 Å². The second kappa shape index (κ2) is 5.55. The van der Waals surface area contributed by atoms with Crippen LogP contribution in [-0.4, -0.2) is 17.5 Å². The molecular weight excluding hydrogens is 236 g/mol. The molecule has 0 aliphatic carbocycles. The van der Waals surface area contributed by atoms with Crippen molar-refractivity contribution >= 4 is 11.6 Å². The smallest absolute Gasteiger partial charge is 0.178 e. The van der Waals surface area contributed by atoms with Gasteiger partial charge in [0.1, 0.15) is 0 Å². The Balaban J connectivity index is 2.19. The number of aliphatic hydroxyl groups is 1. The second-order valence-corrected chi connectivity index (χ2v) is 4.95. The van der Waals surface area contributed by atoms with Crippen molar-refractivity contribution in [2.45, 2.75) is 32.7 Å². The number of aliphatic hydroxyl groups excluding tert-OH is 1. The first-order valence-corrected chi connectivity index (χ1v) is 6.46. The molecule has 0 radical (unpaired) electrons. The van der Waals surface area contributed by atoms with E-state index in [-0.39, 0.29) is 6.10 Å². The van der Waals surface area contributed by atoms with E-state index in [1.807, 2.05) is 38.1 Å². The number of allylic oxidation sites excluding steroid dienone is 1. The summed E-state index contributed by atoms with van der Waals surface area (Å²) in [6.07, 6.45) is 1.64. The van der Waals surface area contributed by atoms with Crippen molar-refractivity contribution in [1.29, 1.82) is 0 Å². The van der Waals surface area contributed by atoms with Gasteiger partial charge in [0, 0.05) is 0 Å². The quantitative estimate of drug-likeness (QED) is 0.831. The minimum Gasteiger partial charge on any atom is -0.364 e. The molecule has 1 aliphatic rings. The van der Waals surface area contributed by atoms with Crippen LogP contribution in [0.1, 0.15) is 31.4 Å². The number of ether oxygens (including phenoxy) is 1. The Hall–Kier alpha value is -1.64. The van der Waals surface area contributed by atoms with Gasteiger partial charge in [-0.05, 0) is 54.2 Å². The van der Waals surface area contributed by atoms with Gasteiger partial charge in [0.15, 0.2) is 6.29 Å². The van der Waals surface area contributed by atoms with Gasteiger partial charge in [-0.15, -0.1) is 0 Å². The van der Waals surface area contributed by atoms with Gasteiger partial charge in [-0.1, -0.05) is 37.4 Å². The first kappa shape index (κ1) is 13.8. The third kappa shape index (κ3) is 2.86. The van der Waals surface area contributed by atoms with Gasteiger partial charge in [0.05, 0.1) is 6.10 Å². The van der Waals surface area contributed by atoms with E-state index in [9.17, 15) is 5.11 Å². The molecule has 1 aliphatic heterocycles. The van der Waals surface area contributed by atoms with E-state index in [4.69, 9.17) is 4.74 Å². The molecule has 0 saturated carbocycles. The third-order valence-electron chi connectivity index (χ3n) is 3.68. The average molecular weight is 256 g/mol. The summed E-state index contributed by atoms with van der Waals surface area (Å²) in [5.74, 6) is 0. The molecule has 19 heavy (non-hydrogen) atoms. The van der Waals surface area contributed by atoms with Crippen LogP contribution in [-0.2, 0) is 4.74 Å². The predicted molar refractivity (Wildman–Crippen MR) is 79.4 cm³/mol. The SMILES string of the molecule is C=Cc1cccc(C(=C)CC2=C(C)C(C)OC2O)c1. The van der Waals surface area contributed by atoms with E-state index in [0.717, 1.165) is 27.8 Å². The average Bonchev–Trinajstić information content (AvgIpc) is 2.65. The monoisotopic (exact) mass is 256 g/mol. The second-order valence-electron chi connectivity index (χ2n) is 4.95. The Kier molecular flexibility index (Phi) is 4.03. The molecule has 2 rings (SSSR count). The minimum atomic E-state index is -0.797. The van der Waals surface area contributed by atoms with Crippen LogP contribution in [0.3, 0.4) is 0 Å². The summed E-state index contributed by atoms with van der Waals surface area (Å²) in [5.41, 5.74) is 5.16.